The van der Waals surface area contributed by atoms with E-state index in [0.717, 1.165) is 41.6 Å². The van der Waals surface area contributed by atoms with Crippen LogP contribution in [0.25, 0.3) is 10.9 Å². The van der Waals surface area contributed by atoms with Gasteiger partial charge in [0, 0.05) is 28.6 Å². The summed E-state index contributed by atoms with van der Waals surface area (Å²) in [5, 5.41) is 15.8. The maximum atomic E-state index is 13.3. The Morgan fingerprint density at radius 1 is 1.44 bits per heavy atom. The molecule has 6 nitrogen and oxygen atoms in total. The molecule has 5 rings (SSSR count). The normalized spacial score (nSPS) is 33.6. The number of aromatic nitrogens is 1. The molecule has 0 bridgehead atoms. The summed E-state index contributed by atoms with van der Waals surface area (Å²) in [4.78, 5) is 13.3. The number of hydrogen-bond acceptors (Lipinski definition) is 5. The number of hydrogen-bond donors (Lipinski definition) is 2. The number of methoxy groups -OCH3 is 1. The average Bonchev–Trinajstić information content (AvgIpc) is 3.05. The summed E-state index contributed by atoms with van der Waals surface area (Å²) < 4.78 is 13.0. The van der Waals surface area contributed by atoms with Crippen LogP contribution < -0.4 is 5.32 Å². The van der Waals surface area contributed by atoms with Crippen LogP contribution in [0.1, 0.15) is 30.6 Å². The highest BCUT2D eigenvalue weighted by Gasteiger charge is 2.62. The second-order valence-corrected chi connectivity index (χ2v) is 7.61. The van der Waals surface area contributed by atoms with Gasteiger partial charge in [0.1, 0.15) is 0 Å². The van der Waals surface area contributed by atoms with Crippen molar-refractivity contribution in [3.63, 3.8) is 0 Å². The van der Waals surface area contributed by atoms with Gasteiger partial charge in [0.05, 0.1) is 13.7 Å². The van der Waals surface area contributed by atoms with Gasteiger partial charge < -0.3 is 24.5 Å². The van der Waals surface area contributed by atoms with Crippen molar-refractivity contribution in [1.82, 2.24) is 9.88 Å². The number of esters is 1. The third-order valence-electron chi connectivity index (χ3n) is 6.60. The first kappa shape index (κ1) is 17.0. The molecule has 1 aromatic carbocycles. The number of carbonyl (C=O) groups excluding carboxylic acids is 1. The largest absolute Gasteiger partial charge is 0.467 e. The minimum absolute atomic E-state index is 0.143. The molecule has 3 aliphatic heterocycles. The van der Waals surface area contributed by atoms with E-state index in [1.807, 2.05) is 35.8 Å². The third kappa shape index (κ3) is 1.98. The molecule has 0 radical (unpaired) electrons. The molecular formula is C21H24N2O4. The van der Waals surface area contributed by atoms with Crippen molar-refractivity contribution in [3.05, 3.63) is 47.2 Å². The van der Waals surface area contributed by atoms with E-state index in [4.69, 9.17) is 9.47 Å². The zero-order valence-electron chi connectivity index (χ0n) is 15.6. The number of ether oxygens (including phenoxy) is 2. The van der Waals surface area contributed by atoms with Crippen molar-refractivity contribution in [1.29, 1.82) is 0 Å². The molecule has 3 aliphatic rings. The molecule has 0 amide bonds. The number of nitrogens with one attached hydrogen (secondary N) is 1. The Kier molecular flexibility index (Phi) is 3.73. The number of rotatable bonds is 1. The molecule has 1 aromatic heterocycles. The van der Waals surface area contributed by atoms with E-state index in [2.05, 4.69) is 11.4 Å². The minimum Gasteiger partial charge on any atom is -0.467 e. The third-order valence-corrected chi connectivity index (χ3v) is 6.60. The van der Waals surface area contributed by atoms with Crippen LogP contribution in [0, 0.1) is 5.92 Å². The van der Waals surface area contributed by atoms with Crippen LogP contribution in [0.15, 0.2) is 35.9 Å². The molecule has 27 heavy (non-hydrogen) atoms. The first-order chi connectivity index (χ1) is 13.1. The summed E-state index contributed by atoms with van der Waals surface area (Å²) in [5.41, 5.74) is 3.02. The van der Waals surface area contributed by atoms with Gasteiger partial charge in [-0.15, -0.1) is 0 Å². The number of nitrogens with zero attached hydrogens (tertiary/aromatic N) is 1. The van der Waals surface area contributed by atoms with Gasteiger partial charge >= 0.3 is 5.97 Å². The van der Waals surface area contributed by atoms with Gasteiger partial charge in [-0.05, 0) is 43.5 Å². The standard InChI is InChI=1S/C21H24N2O4/c1-3-12-11-27-20(25)21(19(24)26-2)15(12)10-16-18-14(8-9-22-16)13-6-4-5-7-17(13)23(18)21/h3-7,15-16,20,22,25H,8-11H2,1-2H3/t15-,16-,20+,21+/m0/s1. The highest BCUT2D eigenvalue weighted by Crippen LogP contribution is 2.53. The van der Waals surface area contributed by atoms with Crippen molar-refractivity contribution < 1.29 is 19.4 Å². The Morgan fingerprint density at radius 3 is 3.04 bits per heavy atom. The van der Waals surface area contributed by atoms with Crippen LogP contribution in [0.4, 0.5) is 0 Å². The summed E-state index contributed by atoms with van der Waals surface area (Å²) >= 11 is 0. The summed E-state index contributed by atoms with van der Waals surface area (Å²) in [6.45, 7) is 3.20. The number of para-hydroxylation sites is 1. The second-order valence-electron chi connectivity index (χ2n) is 7.61. The number of aliphatic hydroxyl groups is 1. The molecule has 2 aromatic rings. The molecule has 4 heterocycles. The predicted octanol–water partition coefficient (Wildman–Crippen LogP) is 2.01. The average molecular weight is 368 g/mol. The van der Waals surface area contributed by atoms with E-state index in [1.165, 1.54) is 12.7 Å². The maximum absolute atomic E-state index is 13.3. The predicted molar refractivity (Wildman–Crippen MR) is 100 cm³/mol. The van der Waals surface area contributed by atoms with Gasteiger partial charge in [-0.3, -0.25) is 0 Å². The number of fused-ring (bicyclic) bond motifs is 5. The van der Waals surface area contributed by atoms with Crippen LogP contribution in [-0.2, 0) is 26.2 Å². The highest BCUT2D eigenvalue weighted by molar-refractivity contribution is 5.91. The monoisotopic (exact) mass is 368 g/mol. The molecule has 1 saturated heterocycles. The maximum Gasteiger partial charge on any atom is 0.338 e. The molecule has 6 heteroatoms. The summed E-state index contributed by atoms with van der Waals surface area (Å²) in [5.74, 6) is -0.642. The van der Waals surface area contributed by atoms with Gasteiger partial charge in [-0.2, -0.15) is 0 Å². The van der Waals surface area contributed by atoms with Crippen molar-refractivity contribution in [2.45, 2.75) is 37.6 Å². The first-order valence-corrected chi connectivity index (χ1v) is 9.53. The minimum atomic E-state index is -1.31. The van der Waals surface area contributed by atoms with E-state index in [1.54, 1.807) is 0 Å². The van der Waals surface area contributed by atoms with E-state index >= 15 is 0 Å². The molecule has 2 N–H and O–H groups in total. The van der Waals surface area contributed by atoms with E-state index in [0.29, 0.717) is 6.61 Å². The fourth-order valence-corrected chi connectivity index (χ4v) is 5.49. The summed E-state index contributed by atoms with van der Waals surface area (Å²) in [7, 11) is 1.38. The smallest absolute Gasteiger partial charge is 0.338 e. The zero-order chi connectivity index (χ0) is 18.8. The fraction of sp³-hybridized carbons (Fsp3) is 0.476. The van der Waals surface area contributed by atoms with Crippen molar-refractivity contribution >= 4 is 16.9 Å². The summed E-state index contributed by atoms with van der Waals surface area (Å²) in [6.07, 6.45) is 2.38. The van der Waals surface area contributed by atoms with E-state index in [9.17, 15) is 9.90 Å². The van der Waals surface area contributed by atoms with Crippen molar-refractivity contribution in [2.75, 3.05) is 20.3 Å². The second kappa shape index (κ2) is 5.92. The zero-order valence-corrected chi connectivity index (χ0v) is 15.6. The van der Waals surface area contributed by atoms with Gasteiger partial charge in [-0.25, -0.2) is 4.79 Å². The Hall–Kier alpha value is -2.15. The number of allylic oxidation sites excluding steroid dienone is 1. The van der Waals surface area contributed by atoms with Crippen LogP contribution in [0.5, 0.6) is 0 Å². The molecule has 0 aliphatic carbocycles. The number of benzene rings is 1. The molecule has 142 valence electrons. The van der Waals surface area contributed by atoms with Gasteiger partial charge in [0.25, 0.3) is 0 Å². The number of aliphatic hydroxyl groups excluding tert-OH is 1. The quantitative estimate of drug-likeness (QED) is 0.595. The Morgan fingerprint density at radius 2 is 2.26 bits per heavy atom. The fourth-order valence-electron chi connectivity index (χ4n) is 5.49. The van der Waals surface area contributed by atoms with Crippen LogP contribution in [0.3, 0.4) is 0 Å². The van der Waals surface area contributed by atoms with E-state index in [-0.39, 0.29) is 12.0 Å². The van der Waals surface area contributed by atoms with Gasteiger partial charge in [0.15, 0.2) is 11.8 Å². The molecule has 1 fully saturated rings. The molecular weight excluding hydrogens is 344 g/mol. The molecule has 0 unspecified atom stereocenters. The lowest BCUT2D eigenvalue weighted by atomic mass is 9.69. The van der Waals surface area contributed by atoms with Crippen molar-refractivity contribution in [2.24, 2.45) is 5.92 Å². The Bertz CT molecular complexity index is 962. The lowest BCUT2D eigenvalue weighted by molar-refractivity contribution is -0.219. The number of carbonyl (C=O) groups is 1. The Labute approximate surface area is 157 Å². The lowest BCUT2D eigenvalue weighted by Crippen LogP contribution is -2.64. The molecule has 0 saturated carbocycles. The van der Waals surface area contributed by atoms with Crippen LogP contribution in [0.2, 0.25) is 0 Å². The first-order valence-electron chi connectivity index (χ1n) is 9.53. The summed E-state index contributed by atoms with van der Waals surface area (Å²) in [6, 6.07) is 8.26. The highest BCUT2D eigenvalue weighted by atomic mass is 16.6. The van der Waals surface area contributed by atoms with Crippen molar-refractivity contribution in [3.8, 4) is 0 Å². The Balaban J connectivity index is 1.92. The van der Waals surface area contributed by atoms with E-state index < -0.39 is 17.8 Å². The van der Waals surface area contributed by atoms with Crippen LogP contribution >= 0.6 is 0 Å². The van der Waals surface area contributed by atoms with Gasteiger partial charge in [-0.1, -0.05) is 24.3 Å². The SMILES string of the molecule is CC=C1CO[C@@H](O)[C@]2(C(=O)OC)[C@H]1C[C@@H]1NCCc3c1n2c1ccccc31. The molecule has 0 spiro atoms. The van der Waals surface area contributed by atoms with Gasteiger partial charge in [0.2, 0.25) is 0 Å². The lowest BCUT2D eigenvalue weighted by Gasteiger charge is -2.52. The topological polar surface area (TPSA) is 72.7 Å². The molecule has 4 atom stereocenters. The van der Waals surface area contributed by atoms with Crippen LogP contribution in [-0.4, -0.2) is 42.2 Å².